The van der Waals surface area contributed by atoms with E-state index in [9.17, 15) is 9.18 Å². The maximum Gasteiger partial charge on any atom is 0.261 e. The number of nitrogens with zero attached hydrogens (tertiary/aromatic N) is 3. The lowest BCUT2D eigenvalue weighted by Gasteiger charge is -2.17. The second kappa shape index (κ2) is 7.17. The van der Waals surface area contributed by atoms with Crippen LogP contribution in [0.15, 0.2) is 47.4 Å². The quantitative estimate of drug-likeness (QED) is 0.483. The van der Waals surface area contributed by atoms with Gasteiger partial charge in [-0.1, -0.05) is 24.3 Å². The predicted octanol–water partition coefficient (Wildman–Crippen LogP) is 4.02. The molecule has 0 amide bonds. The fourth-order valence-corrected chi connectivity index (χ4v) is 5.63. The predicted molar refractivity (Wildman–Crippen MR) is 127 cm³/mol. The minimum atomic E-state index is -0.797. The van der Waals surface area contributed by atoms with Crippen molar-refractivity contribution in [1.82, 2.24) is 19.9 Å². The molecular weight excluding hydrogens is 436 g/mol. The molecule has 6 rings (SSSR count). The average molecular weight is 460 g/mol. The highest BCUT2D eigenvalue weighted by molar-refractivity contribution is 5.88. The molecule has 1 aliphatic carbocycles. The maximum absolute atomic E-state index is 15.8. The number of nitrogens with two attached hydrogens (primary N) is 1. The first-order valence-corrected chi connectivity index (χ1v) is 11.2. The molecule has 0 bridgehead atoms. The van der Waals surface area contributed by atoms with Crippen LogP contribution in [0.2, 0.25) is 0 Å². The third kappa shape index (κ3) is 3.05. The molecule has 2 atom stereocenters. The van der Waals surface area contributed by atoms with E-state index in [2.05, 4.69) is 39.0 Å². The molecule has 2 aromatic carbocycles. The summed E-state index contributed by atoms with van der Waals surface area (Å²) in [6, 6.07) is 10.5. The van der Waals surface area contributed by atoms with Gasteiger partial charge < -0.3 is 15.6 Å². The van der Waals surface area contributed by atoms with Crippen molar-refractivity contribution in [1.29, 1.82) is 0 Å². The fourth-order valence-electron chi connectivity index (χ4n) is 5.63. The van der Waals surface area contributed by atoms with Crippen molar-refractivity contribution in [3.8, 4) is 22.3 Å². The summed E-state index contributed by atoms with van der Waals surface area (Å²) in [7, 11) is 2.14. The van der Waals surface area contributed by atoms with Crippen LogP contribution in [0.4, 0.5) is 14.6 Å². The zero-order chi connectivity index (χ0) is 23.8. The van der Waals surface area contributed by atoms with E-state index in [0.29, 0.717) is 17.3 Å². The molecule has 0 unspecified atom stereocenters. The van der Waals surface area contributed by atoms with E-state index in [1.807, 2.05) is 12.1 Å². The first-order valence-electron chi connectivity index (χ1n) is 11.2. The monoisotopic (exact) mass is 459 g/mol. The highest BCUT2D eigenvalue weighted by atomic mass is 19.1. The molecule has 1 aliphatic heterocycles. The van der Waals surface area contributed by atoms with E-state index < -0.39 is 17.2 Å². The Hall–Kier alpha value is -3.65. The molecule has 0 spiro atoms. The van der Waals surface area contributed by atoms with E-state index >= 15 is 4.39 Å². The molecule has 0 radical (unpaired) electrons. The molecule has 2 fully saturated rings. The van der Waals surface area contributed by atoms with Gasteiger partial charge in [0.2, 0.25) is 0 Å². The Morgan fingerprint density at radius 1 is 1.18 bits per heavy atom. The van der Waals surface area contributed by atoms with Crippen molar-refractivity contribution in [2.75, 3.05) is 25.9 Å². The third-order valence-corrected chi connectivity index (χ3v) is 7.30. The molecule has 3 N–H and O–H groups in total. The SMILES string of the molecule is Cc1nc2cc(-c3c(N)ncc(-c4ccc([C@]56C[C@H]5CN(C)C6)cc4)c3F)cc(F)c2c(=O)[nH]1. The molecule has 8 heteroatoms. The van der Waals surface area contributed by atoms with Crippen molar-refractivity contribution in [3.63, 3.8) is 0 Å². The highest BCUT2D eigenvalue weighted by Crippen LogP contribution is 2.58. The molecule has 172 valence electrons. The van der Waals surface area contributed by atoms with E-state index in [4.69, 9.17) is 5.73 Å². The van der Waals surface area contributed by atoms with Gasteiger partial charge in [0.15, 0.2) is 0 Å². The Kier molecular flexibility index (Phi) is 4.41. The number of halogens is 2. The number of fused-ring (bicyclic) bond motifs is 2. The first kappa shape index (κ1) is 20.9. The van der Waals surface area contributed by atoms with Gasteiger partial charge in [-0.2, -0.15) is 0 Å². The summed E-state index contributed by atoms with van der Waals surface area (Å²) in [6.45, 7) is 3.76. The Morgan fingerprint density at radius 2 is 1.94 bits per heavy atom. The van der Waals surface area contributed by atoms with Crippen molar-refractivity contribution in [3.05, 3.63) is 76.0 Å². The number of pyridine rings is 1. The number of nitrogens with one attached hydrogen (secondary N) is 1. The van der Waals surface area contributed by atoms with E-state index in [-0.39, 0.29) is 38.8 Å². The minimum absolute atomic E-state index is 0.0135. The highest BCUT2D eigenvalue weighted by Gasteiger charge is 2.59. The summed E-state index contributed by atoms with van der Waals surface area (Å²) in [5.74, 6) is -0.428. The smallest absolute Gasteiger partial charge is 0.261 e. The molecule has 4 aromatic rings. The minimum Gasteiger partial charge on any atom is -0.383 e. The zero-order valence-corrected chi connectivity index (χ0v) is 18.8. The fraction of sp³-hybridized carbons (Fsp3) is 0.269. The third-order valence-electron chi connectivity index (χ3n) is 7.30. The van der Waals surface area contributed by atoms with Gasteiger partial charge in [-0.05, 0) is 55.1 Å². The summed E-state index contributed by atoms with van der Waals surface area (Å²) < 4.78 is 30.6. The van der Waals surface area contributed by atoms with Crippen LogP contribution in [0.5, 0.6) is 0 Å². The molecule has 1 saturated carbocycles. The number of hydrogen-bond donors (Lipinski definition) is 2. The Morgan fingerprint density at radius 3 is 2.65 bits per heavy atom. The molecule has 6 nitrogen and oxygen atoms in total. The van der Waals surface area contributed by atoms with Crippen LogP contribution in [0.25, 0.3) is 33.2 Å². The second-order valence-corrected chi connectivity index (χ2v) is 9.58. The number of rotatable bonds is 3. The van der Waals surface area contributed by atoms with Crippen LogP contribution >= 0.6 is 0 Å². The van der Waals surface area contributed by atoms with E-state index in [1.165, 1.54) is 24.2 Å². The zero-order valence-electron chi connectivity index (χ0n) is 18.8. The number of likely N-dealkylation sites (N-methyl/N-ethyl adjacent to an activating group) is 1. The van der Waals surface area contributed by atoms with Crippen LogP contribution in [-0.4, -0.2) is 40.0 Å². The topological polar surface area (TPSA) is 87.9 Å². The lowest BCUT2D eigenvalue weighted by Crippen LogP contribution is -2.22. The van der Waals surface area contributed by atoms with Crippen LogP contribution in [0.3, 0.4) is 0 Å². The summed E-state index contributed by atoms with van der Waals surface area (Å²) in [5.41, 5.74) is 8.18. The number of aryl methyl sites for hydroxylation is 1. The largest absolute Gasteiger partial charge is 0.383 e. The Bertz CT molecular complexity index is 1530. The number of H-pyrrole nitrogens is 1. The summed E-state index contributed by atoms with van der Waals surface area (Å²) in [4.78, 5) is 25.4. The van der Waals surface area contributed by atoms with Gasteiger partial charge >= 0.3 is 0 Å². The lowest BCUT2D eigenvalue weighted by molar-refractivity contribution is 0.363. The van der Waals surface area contributed by atoms with Gasteiger partial charge in [0.05, 0.1) is 11.1 Å². The molecule has 2 aliphatic rings. The van der Waals surface area contributed by atoms with Gasteiger partial charge in [-0.3, -0.25) is 4.79 Å². The van der Waals surface area contributed by atoms with Crippen molar-refractivity contribution >= 4 is 16.7 Å². The summed E-state index contributed by atoms with van der Waals surface area (Å²) in [5, 5.41) is -0.177. The maximum atomic E-state index is 15.8. The summed E-state index contributed by atoms with van der Waals surface area (Å²) in [6.07, 6.45) is 2.59. The van der Waals surface area contributed by atoms with Crippen molar-refractivity contribution in [2.24, 2.45) is 5.92 Å². The first-order chi connectivity index (χ1) is 16.3. The number of nitrogen functional groups attached to an aromatic ring is 1. The number of piperidine rings is 1. The van der Waals surface area contributed by atoms with Gasteiger partial charge in [0.25, 0.3) is 5.56 Å². The van der Waals surface area contributed by atoms with Gasteiger partial charge in [0, 0.05) is 30.3 Å². The van der Waals surface area contributed by atoms with Crippen LogP contribution < -0.4 is 11.3 Å². The van der Waals surface area contributed by atoms with Gasteiger partial charge in [-0.15, -0.1) is 0 Å². The number of hydrogen-bond acceptors (Lipinski definition) is 5. The van der Waals surface area contributed by atoms with Crippen molar-refractivity contribution < 1.29 is 8.78 Å². The molecule has 34 heavy (non-hydrogen) atoms. The molecular formula is C26H23F2N5O. The average Bonchev–Trinajstić information content (AvgIpc) is 3.35. The van der Waals surface area contributed by atoms with Crippen LogP contribution in [0, 0.1) is 24.5 Å². The lowest BCUT2D eigenvalue weighted by atomic mass is 9.92. The number of benzene rings is 2. The van der Waals surface area contributed by atoms with Gasteiger partial charge in [0.1, 0.15) is 28.7 Å². The molecule has 1 saturated heterocycles. The molecule has 3 heterocycles. The second-order valence-electron chi connectivity index (χ2n) is 9.58. The van der Waals surface area contributed by atoms with E-state index in [1.54, 1.807) is 6.92 Å². The summed E-state index contributed by atoms with van der Waals surface area (Å²) >= 11 is 0. The standard InChI is InChI=1S/C26H23F2N5O/c1-13-31-20-8-15(7-19(27)22(20)25(34)32-13)21-23(28)18(10-30-24(21)29)14-3-5-16(6-4-14)26-9-17(26)11-33(2)12-26/h3-8,10,17H,9,11-12H2,1-2H3,(H2,29,30)(H,31,32,34)/t17-,26+/m0/s1. The molecule has 2 aromatic heterocycles. The Balaban J connectivity index is 1.43. The van der Waals surface area contributed by atoms with Crippen molar-refractivity contribution in [2.45, 2.75) is 18.8 Å². The van der Waals surface area contributed by atoms with Crippen LogP contribution in [0.1, 0.15) is 17.8 Å². The number of aromatic nitrogens is 3. The number of anilines is 1. The number of likely N-dealkylation sites (tertiary alicyclic amines) is 1. The normalized spacial score (nSPS) is 21.7. The van der Waals surface area contributed by atoms with Gasteiger partial charge in [-0.25, -0.2) is 18.7 Å². The number of aromatic amines is 1. The Labute approximate surface area is 194 Å². The van der Waals surface area contributed by atoms with Crippen LogP contribution in [-0.2, 0) is 5.41 Å². The van der Waals surface area contributed by atoms with E-state index in [0.717, 1.165) is 19.2 Å².